The fourth-order valence-electron chi connectivity index (χ4n) is 1.88. The zero-order valence-corrected chi connectivity index (χ0v) is 15.0. The van der Waals surface area contributed by atoms with Crippen LogP contribution in [0.5, 0.6) is 0 Å². The van der Waals surface area contributed by atoms with Gasteiger partial charge in [0.05, 0.1) is 15.4 Å². The zero-order valence-electron chi connectivity index (χ0n) is 11.0. The van der Waals surface area contributed by atoms with Crippen LogP contribution >= 0.6 is 38.9 Å². The second kappa shape index (κ2) is 6.64. The topological polar surface area (TPSA) is 37.4 Å². The van der Waals surface area contributed by atoms with Gasteiger partial charge >= 0.3 is 0 Å². The first-order chi connectivity index (χ1) is 9.90. The molecule has 2 rings (SSSR count). The van der Waals surface area contributed by atoms with Crippen LogP contribution < -0.4 is 4.31 Å². The maximum Gasteiger partial charge on any atom is 0.266 e. The van der Waals surface area contributed by atoms with E-state index < -0.39 is 15.8 Å². The highest BCUT2D eigenvalue weighted by molar-refractivity contribution is 9.11. The van der Waals surface area contributed by atoms with Gasteiger partial charge in [0.15, 0.2) is 0 Å². The van der Waals surface area contributed by atoms with Crippen LogP contribution in [-0.2, 0) is 15.9 Å². The van der Waals surface area contributed by atoms with Gasteiger partial charge in [0.2, 0.25) is 0 Å². The maximum atomic E-state index is 13.3. The lowest BCUT2D eigenvalue weighted by molar-refractivity contribution is 0.591. The summed E-state index contributed by atoms with van der Waals surface area (Å²) in [5, 5.41) is 0. The summed E-state index contributed by atoms with van der Waals surface area (Å²) in [6.07, 6.45) is 0. The molecule has 2 aromatic rings. The van der Waals surface area contributed by atoms with Crippen LogP contribution in [0.15, 0.2) is 39.0 Å². The minimum Gasteiger partial charge on any atom is -0.266 e. The molecule has 0 fully saturated rings. The Balaban J connectivity index is 2.51. The molecule has 0 aliphatic carbocycles. The molecule has 0 atom stereocenters. The fraction of sp³-hybridized carbons (Fsp3) is 0.231. The summed E-state index contributed by atoms with van der Waals surface area (Å²) < 4.78 is 40.5. The summed E-state index contributed by atoms with van der Waals surface area (Å²) in [6, 6.07) is 7.06. The highest BCUT2D eigenvalue weighted by Crippen LogP contribution is 2.35. The van der Waals surface area contributed by atoms with Crippen LogP contribution in [0.3, 0.4) is 0 Å². The molecule has 0 amide bonds. The summed E-state index contributed by atoms with van der Waals surface area (Å²) >= 11 is 10.3. The van der Waals surface area contributed by atoms with Gasteiger partial charge in [-0.15, -0.1) is 22.9 Å². The van der Waals surface area contributed by atoms with Crippen LogP contribution in [-0.4, -0.2) is 15.0 Å². The first-order valence-electron chi connectivity index (χ1n) is 6.02. The maximum absolute atomic E-state index is 13.3. The molecule has 0 saturated carbocycles. The molecule has 3 nitrogen and oxygen atoms in total. The largest absolute Gasteiger partial charge is 0.266 e. The molecule has 0 aliphatic rings. The Kier molecular flexibility index (Phi) is 5.29. The molecule has 114 valence electrons. The quantitative estimate of drug-likeness (QED) is 0.673. The van der Waals surface area contributed by atoms with Crippen LogP contribution in [0.2, 0.25) is 0 Å². The third-order valence-electron chi connectivity index (χ3n) is 2.79. The van der Waals surface area contributed by atoms with Gasteiger partial charge in [0, 0.05) is 11.4 Å². The minimum atomic E-state index is -3.77. The predicted octanol–water partition coefficient (Wildman–Crippen LogP) is 4.60. The molecule has 0 N–H and O–H groups in total. The van der Waals surface area contributed by atoms with E-state index in [1.165, 1.54) is 33.8 Å². The van der Waals surface area contributed by atoms with Gasteiger partial charge in [-0.3, -0.25) is 4.31 Å². The van der Waals surface area contributed by atoms with E-state index in [4.69, 9.17) is 11.6 Å². The lowest BCUT2D eigenvalue weighted by Gasteiger charge is -2.22. The smallest absolute Gasteiger partial charge is 0.266 e. The summed E-state index contributed by atoms with van der Waals surface area (Å²) in [7, 11) is -3.77. The number of sulfonamides is 1. The van der Waals surface area contributed by atoms with Gasteiger partial charge < -0.3 is 0 Å². The fourth-order valence-corrected chi connectivity index (χ4v) is 6.07. The van der Waals surface area contributed by atoms with E-state index in [-0.39, 0.29) is 17.3 Å². The van der Waals surface area contributed by atoms with E-state index in [9.17, 15) is 12.8 Å². The molecule has 0 radical (unpaired) electrons. The number of nitrogens with zero attached hydrogens (tertiary/aromatic N) is 1. The van der Waals surface area contributed by atoms with Gasteiger partial charge in [0.1, 0.15) is 10.7 Å². The molecule has 1 aromatic heterocycles. The Hall–Kier alpha value is -0.630. The van der Waals surface area contributed by atoms with E-state index in [2.05, 4.69) is 15.9 Å². The van der Waals surface area contributed by atoms with E-state index in [0.29, 0.717) is 9.47 Å². The molecule has 1 heterocycles. The van der Waals surface area contributed by atoms with Gasteiger partial charge in [-0.25, -0.2) is 12.8 Å². The van der Waals surface area contributed by atoms with Crippen LogP contribution in [0.1, 0.15) is 11.8 Å². The lowest BCUT2D eigenvalue weighted by Crippen LogP contribution is -2.30. The Bertz CT molecular complexity index is 748. The van der Waals surface area contributed by atoms with E-state index >= 15 is 0 Å². The number of thiophene rings is 1. The van der Waals surface area contributed by atoms with Crippen LogP contribution in [0, 0.1) is 5.82 Å². The third kappa shape index (κ3) is 3.41. The number of anilines is 1. The molecule has 0 unspecified atom stereocenters. The number of rotatable bonds is 5. The second-order valence-electron chi connectivity index (χ2n) is 4.13. The number of alkyl halides is 1. The third-order valence-corrected chi connectivity index (χ3v) is 7.39. The van der Waals surface area contributed by atoms with Gasteiger partial charge in [0.25, 0.3) is 10.0 Å². The molecule has 0 spiro atoms. The first-order valence-corrected chi connectivity index (χ1v) is 9.61. The van der Waals surface area contributed by atoms with Crippen molar-refractivity contribution in [2.45, 2.75) is 17.7 Å². The van der Waals surface area contributed by atoms with Crippen molar-refractivity contribution < 1.29 is 12.8 Å². The first kappa shape index (κ1) is 16.7. The number of hydrogen-bond acceptors (Lipinski definition) is 3. The Morgan fingerprint density at radius 2 is 2.10 bits per heavy atom. The number of halogens is 3. The Labute approximate surface area is 140 Å². The van der Waals surface area contributed by atoms with Crippen molar-refractivity contribution in [1.29, 1.82) is 0 Å². The molecule has 0 aliphatic heterocycles. The van der Waals surface area contributed by atoms with Crippen molar-refractivity contribution >= 4 is 54.6 Å². The highest BCUT2D eigenvalue weighted by atomic mass is 79.9. The normalized spacial score (nSPS) is 11.6. The standard InChI is InChI=1S/C13H12BrClFNO2S2/c1-2-17(10-5-3-4-9(16)6-10)21(18,19)12-7-11(8-15)20-13(12)14/h3-7H,2,8H2,1H3. The average molecular weight is 413 g/mol. The molecule has 0 saturated heterocycles. The van der Waals surface area contributed by atoms with Crippen molar-refractivity contribution in [1.82, 2.24) is 0 Å². The molecular weight excluding hydrogens is 401 g/mol. The van der Waals surface area contributed by atoms with E-state index in [1.54, 1.807) is 19.1 Å². The van der Waals surface area contributed by atoms with E-state index in [0.717, 1.165) is 4.88 Å². The summed E-state index contributed by atoms with van der Waals surface area (Å²) in [4.78, 5) is 0.895. The molecule has 8 heteroatoms. The minimum absolute atomic E-state index is 0.147. The summed E-state index contributed by atoms with van der Waals surface area (Å²) in [5.41, 5.74) is 0.294. The van der Waals surface area contributed by atoms with Crippen LogP contribution in [0.4, 0.5) is 10.1 Å². The summed E-state index contributed by atoms with van der Waals surface area (Å²) in [5.74, 6) is -0.239. The second-order valence-corrected chi connectivity index (χ2v) is 8.69. The molecule has 0 bridgehead atoms. The zero-order chi connectivity index (χ0) is 15.6. The van der Waals surface area contributed by atoms with Crippen molar-refractivity contribution in [3.8, 4) is 0 Å². The predicted molar refractivity (Wildman–Crippen MR) is 88.2 cm³/mol. The molecule has 1 aromatic carbocycles. The van der Waals surface area contributed by atoms with Gasteiger partial charge in [-0.05, 0) is 47.1 Å². The average Bonchev–Trinajstić information content (AvgIpc) is 2.81. The monoisotopic (exact) mass is 411 g/mol. The summed E-state index contributed by atoms with van der Waals surface area (Å²) in [6.45, 7) is 1.90. The lowest BCUT2D eigenvalue weighted by atomic mass is 10.3. The Morgan fingerprint density at radius 3 is 2.62 bits per heavy atom. The Morgan fingerprint density at radius 1 is 1.38 bits per heavy atom. The van der Waals surface area contributed by atoms with Crippen molar-refractivity contribution in [3.63, 3.8) is 0 Å². The van der Waals surface area contributed by atoms with Crippen LogP contribution in [0.25, 0.3) is 0 Å². The van der Waals surface area contributed by atoms with Gasteiger partial charge in [-0.2, -0.15) is 0 Å². The van der Waals surface area contributed by atoms with Crippen molar-refractivity contribution in [2.75, 3.05) is 10.8 Å². The number of hydrogen-bond donors (Lipinski definition) is 0. The highest BCUT2D eigenvalue weighted by Gasteiger charge is 2.28. The SMILES string of the molecule is CCN(c1cccc(F)c1)S(=O)(=O)c1cc(CCl)sc1Br. The van der Waals surface area contributed by atoms with Crippen molar-refractivity contribution in [3.05, 3.63) is 44.8 Å². The van der Waals surface area contributed by atoms with E-state index in [1.807, 2.05) is 0 Å². The van der Waals surface area contributed by atoms with Crippen molar-refractivity contribution in [2.24, 2.45) is 0 Å². The van der Waals surface area contributed by atoms with Gasteiger partial charge in [-0.1, -0.05) is 6.07 Å². The number of benzene rings is 1. The molecule has 21 heavy (non-hydrogen) atoms. The molecular formula is C13H12BrClFNO2S2.